The van der Waals surface area contributed by atoms with Gasteiger partial charge in [0.15, 0.2) is 0 Å². The molecule has 0 aliphatic rings. The Bertz CT molecular complexity index is 596. The molecule has 2 N–H and O–H groups in total. The lowest BCUT2D eigenvalue weighted by atomic mass is 10.2. The van der Waals surface area contributed by atoms with Crippen molar-refractivity contribution in [3.8, 4) is 0 Å². The van der Waals surface area contributed by atoms with Crippen LogP contribution in [0.3, 0.4) is 0 Å². The van der Waals surface area contributed by atoms with Gasteiger partial charge in [0.2, 0.25) is 5.95 Å². The molecule has 6 heteroatoms. The van der Waals surface area contributed by atoms with E-state index in [0.717, 1.165) is 5.56 Å². The third-order valence-electron chi connectivity index (χ3n) is 2.70. The Labute approximate surface area is 128 Å². The molecule has 0 aliphatic carbocycles. The molecule has 0 spiro atoms. The van der Waals surface area contributed by atoms with Crippen LogP contribution in [-0.4, -0.2) is 21.9 Å². The first-order valence-electron chi connectivity index (χ1n) is 6.66. The van der Waals surface area contributed by atoms with E-state index in [-0.39, 0.29) is 11.9 Å². The molecule has 1 aromatic carbocycles. The van der Waals surface area contributed by atoms with Crippen molar-refractivity contribution in [2.24, 2.45) is 0 Å². The normalized spacial score (nSPS) is 10.5. The Kier molecular flexibility index (Phi) is 5.11. The highest BCUT2D eigenvalue weighted by Gasteiger charge is 2.07. The second-order valence-electron chi connectivity index (χ2n) is 4.90. The summed E-state index contributed by atoms with van der Waals surface area (Å²) >= 11 is 5.81. The first-order valence-corrected chi connectivity index (χ1v) is 7.03. The number of halogens is 1. The Hall–Kier alpha value is -2.14. The van der Waals surface area contributed by atoms with Gasteiger partial charge in [-0.25, -0.2) is 9.97 Å². The van der Waals surface area contributed by atoms with Gasteiger partial charge in [-0.05, 0) is 31.5 Å². The lowest BCUT2D eigenvalue weighted by Crippen LogP contribution is -2.23. The molecule has 0 bridgehead atoms. The van der Waals surface area contributed by atoms with E-state index in [2.05, 4.69) is 20.6 Å². The maximum Gasteiger partial charge on any atom is 0.254 e. The molecule has 0 atom stereocenters. The van der Waals surface area contributed by atoms with Crippen LogP contribution in [0.25, 0.3) is 0 Å². The van der Waals surface area contributed by atoms with Crippen molar-refractivity contribution in [3.63, 3.8) is 0 Å². The third kappa shape index (κ3) is 4.72. The van der Waals surface area contributed by atoms with Gasteiger partial charge >= 0.3 is 0 Å². The Balaban J connectivity index is 1.92. The summed E-state index contributed by atoms with van der Waals surface area (Å²) < 4.78 is 0. The van der Waals surface area contributed by atoms with Crippen LogP contribution in [0.2, 0.25) is 5.02 Å². The lowest BCUT2D eigenvalue weighted by molar-refractivity contribution is 0.0950. The number of hydrogen-bond donors (Lipinski definition) is 2. The highest BCUT2D eigenvalue weighted by Crippen LogP contribution is 2.09. The monoisotopic (exact) mass is 304 g/mol. The summed E-state index contributed by atoms with van der Waals surface area (Å²) in [6.45, 7) is 4.42. The minimum atomic E-state index is -0.207. The molecular formula is C15H17ClN4O. The fraction of sp³-hybridized carbons (Fsp3) is 0.267. The predicted octanol–water partition coefficient (Wildman–Crippen LogP) is 2.88. The number of nitrogens with zero attached hydrogens (tertiary/aromatic N) is 2. The number of rotatable bonds is 5. The summed E-state index contributed by atoms with van der Waals surface area (Å²) in [7, 11) is 0. The molecule has 2 aromatic rings. The highest BCUT2D eigenvalue weighted by atomic mass is 35.5. The summed E-state index contributed by atoms with van der Waals surface area (Å²) in [6, 6.07) is 7.57. The SMILES string of the molecule is CC(C)Nc1ncc(C(=O)NCc2ccc(Cl)cc2)cn1. The summed E-state index contributed by atoms with van der Waals surface area (Å²) in [5, 5.41) is 6.55. The van der Waals surface area contributed by atoms with Crippen molar-refractivity contribution < 1.29 is 4.79 Å². The second-order valence-corrected chi connectivity index (χ2v) is 5.34. The van der Waals surface area contributed by atoms with Gasteiger partial charge in [-0.15, -0.1) is 0 Å². The summed E-state index contributed by atoms with van der Waals surface area (Å²) in [6.07, 6.45) is 3.02. The van der Waals surface area contributed by atoms with Crippen LogP contribution in [0.4, 0.5) is 5.95 Å². The number of amides is 1. The molecule has 0 fully saturated rings. The molecule has 0 saturated heterocycles. The molecule has 1 heterocycles. The zero-order valence-corrected chi connectivity index (χ0v) is 12.7. The Morgan fingerprint density at radius 1 is 1.19 bits per heavy atom. The average molecular weight is 305 g/mol. The van der Waals surface area contributed by atoms with Crippen molar-refractivity contribution in [1.29, 1.82) is 0 Å². The third-order valence-corrected chi connectivity index (χ3v) is 2.95. The van der Waals surface area contributed by atoms with Crippen molar-refractivity contribution in [3.05, 3.63) is 52.8 Å². The first kappa shape index (κ1) is 15.3. The summed E-state index contributed by atoms with van der Waals surface area (Å²) in [5.41, 5.74) is 1.41. The lowest BCUT2D eigenvalue weighted by Gasteiger charge is -2.08. The van der Waals surface area contributed by atoms with Crippen molar-refractivity contribution in [2.75, 3.05) is 5.32 Å². The van der Waals surface area contributed by atoms with Crippen molar-refractivity contribution in [2.45, 2.75) is 26.4 Å². The number of carbonyl (C=O) groups is 1. The van der Waals surface area contributed by atoms with Crippen LogP contribution in [0.1, 0.15) is 29.8 Å². The van der Waals surface area contributed by atoms with Gasteiger partial charge in [0.05, 0.1) is 5.56 Å². The standard InChI is InChI=1S/C15H17ClN4O/c1-10(2)20-15-18-8-12(9-19-15)14(21)17-7-11-3-5-13(16)6-4-11/h3-6,8-10H,7H2,1-2H3,(H,17,21)(H,18,19,20). The highest BCUT2D eigenvalue weighted by molar-refractivity contribution is 6.30. The average Bonchev–Trinajstić information content (AvgIpc) is 2.46. The molecule has 0 radical (unpaired) electrons. The largest absolute Gasteiger partial charge is 0.352 e. The van der Waals surface area contributed by atoms with Gasteiger partial charge in [0.25, 0.3) is 5.91 Å². The van der Waals surface area contributed by atoms with Crippen LogP contribution in [0.5, 0.6) is 0 Å². The van der Waals surface area contributed by atoms with E-state index in [1.54, 1.807) is 12.1 Å². The zero-order chi connectivity index (χ0) is 15.2. The predicted molar refractivity (Wildman–Crippen MR) is 83.4 cm³/mol. The molecule has 21 heavy (non-hydrogen) atoms. The molecule has 0 unspecified atom stereocenters. The zero-order valence-electron chi connectivity index (χ0n) is 11.9. The van der Waals surface area contributed by atoms with Crippen LogP contribution >= 0.6 is 11.6 Å². The fourth-order valence-corrected chi connectivity index (χ4v) is 1.79. The van der Waals surface area contributed by atoms with Gasteiger partial charge in [-0.1, -0.05) is 23.7 Å². The minimum absolute atomic E-state index is 0.207. The number of hydrogen-bond acceptors (Lipinski definition) is 4. The summed E-state index contributed by atoms with van der Waals surface area (Å²) in [5.74, 6) is 0.306. The first-order chi connectivity index (χ1) is 10.0. The topological polar surface area (TPSA) is 66.9 Å². The van der Waals surface area contributed by atoms with Crippen molar-refractivity contribution in [1.82, 2.24) is 15.3 Å². The Morgan fingerprint density at radius 3 is 2.38 bits per heavy atom. The van der Waals surface area contributed by atoms with Gasteiger partial charge in [0.1, 0.15) is 0 Å². The van der Waals surface area contributed by atoms with E-state index in [1.807, 2.05) is 26.0 Å². The quantitative estimate of drug-likeness (QED) is 0.891. The van der Waals surface area contributed by atoms with E-state index >= 15 is 0 Å². The van der Waals surface area contributed by atoms with E-state index in [0.29, 0.717) is 23.1 Å². The van der Waals surface area contributed by atoms with Crippen LogP contribution < -0.4 is 10.6 Å². The molecule has 1 aromatic heterocycles. The Morgan fingerprint density at radius 2 is 1.81 bits per heavy atom. The second kappa shape index (κ2) is 7.04. The molecule has 0 saturated carbocycles. The molecule has 1 amide bonds. The smallest absolute Gasteiger partial charge is 0.254 e. The number of nitrogens with one attached hydrogen (secondary N) is 2. The van der Waals surface area contributed by atoms with Crippen LogP contribution in [-0.2, 0) is 6.54 Å². The van der Waals surface area contributed by atoms with Crippen molar-refractivity contribution >= 4 is 23.5 Å². The molecule has 5 nitrogen and oxygen atoms in total. The fourth-order valence-electron chi connectivity index (χ4n) is 1.66. The molecule has 110 valence electrons. The molecule has 0 aliphatic heterocycles. The number of anilines is 1. The van der Waals surface area contributed by atoms with Gasteiger partial charge in [-0.3, -0.25) is 4.79 Å². The summed E-state index contributed by atoms with van der Waals surface area (Å²) in [4.78, 5) is 20.2. The number of carbonyl (C=O) groups excluding carboxylic acids is 1. The van der Waals surface area contributed by atoms with Crippen LogP contribution in [0, 0.1) is 0 Å². The van der Waals surface area contributed by atoms with Crippen LogP contribution in [0.15, 0.2) is 36.7 Å². The van der Waals surface area contributed by atoms with Gasteiger partial charge in [0, 0.05) is 30.0 Å². The maximum atomic E-state index is 12.0. The molecule has 2 rings (SSSR count). The van der Waals surface area contributed by atoms with E-state index in [1.165, 1.54) is 12.4 Å². The number of aromatic nitrogens is 2. The minimum Gasteiger partial charge on any atom is -0.352 e. The van der Waals surface area contributed by atoms with Gasteiger partial charge in [-0.2, -0.15) is 0 Å². The van der Waals surface area contributed by atoms with E-state index < -0.39 is 0 Å². The molecular weight excluding hydrogens is 288 g/mol. The number of benzene rings is 1. The van der Waals surface area contributed by atoms with Gasteiger partial charge < -0.3 is 10.6 Å². The van der Waals surface area contributed by atoms with E-state index in [9.17, 15) is 4.79 Å². The maximum absolute atomic E-state index is 12.0. The van der Waals surface area contributed by atoms with E-state index in [4.69, 9.17) is 11.6 Å².